The van der Waals surface area contributed by atoms with E-state index in [-0.39, 0.29) is 36.6 Å². The number of hydrogen-bond donors (Lipinski definition) is 2. The molecule has 1 aromatic rings. The molecule has 2 fully saturated rings. The van der Waals surface area contributed by atoms with Gasteiger partial charge in [-0.2, -0.15) is 0 Å². The molecule has 0 bridgehead atoms. The highest BCUT2D eigenvalue weighted by molar-refractivity contribution is 7.09. The minimum Gasteiger partial charge on any atom is -0.349 e. The number of amides is 1. The molecule has 0 saturated heterocycles. The highest BCUT2D eigenvalue weighted by atomic mass is 35.5. The molecule has 2 aliphatic rings. The van der Waals surface area contributed by atoms with Crippen LogP contribution in [-0.2, 0) is 11.3 Å². The molecule has 0 unspecified atom stereocenters. The van der Waals surface area contributed by atoms with E-state index in [0.29, 0.717) is 24.9 Å². The fraction of sp³-hybridized carbons (Fsp3) is 0.714. The number of hydrogen-bond acceptors (Lipinski definition) is 4. The first-order chi connectivity index (χ1) is 9.28. The molecule has 0 aromatic carbocycles. The van der Waals surface area contributed by atoms with E-state index >= 15 is 0 Å². The molecule has 2 aliphatic carbocycles. The number of nitrogens with one attached hydrogen (secondary N) is 1. The van der Waals surface area contributed by atoms with E-state index < -0.39 is 0 Å². The predicted octanol–water partition coefficient (Wildman–Crippen LogP) is 2.86. The molecule has 0 spiro atoms. The van der Waals surface area contributed by atoms with Gasteiger partial charge in [0.1, 0.15) is 5.01 Å². The lowest BCUT2D eigenvalue weighted by Crippen LogP contribution is -2.34. The molecule has 2 atom stereocenters. The Labute approximate surface area is 142 Å². The second-order valence-corrected chi connectivity index (χ2v) is 6.63. The van der Waals surface area contributed by atoms with Crippen LogP contribution in [0.15, 0.2) is 5.38 Å². The fourth-order valence-electron chi connectivity index (χ4n) is 2.93. The van der Waals surface area contributed by atoms with Crippen LogP contribution in [0, 0.1) is 11.8 Å². The average molecular weight is 352 g/mol. The number of nitrogens with two attached hydrogens (primary N) is 1. The topological polar surface area (TPSA) is 68.0 Å². The third kappa shape index (κ3) is 4.55. The molecule has 7 heteroatoms. The van der Waals surface area contributed by atoms with Crippen LogP contribution >= 0.6 is 36.2 Å². The largest absolute Gasteiger partial charge is 0.349 e. The second kappa shape index (κ2) is 8.32. The minimum absolute atomic E-state index is 0. The van der Waals surface area contributed by atoms with Crippen molar-refractivity contribution < 1.29 is 4.79 Å². The standard InChI is InChI=1S/C14H21N3OS.2ClH/c15-6-10-2-1-3-11(10)14(18)16-7-13-17-12(8-19-13)9-4-5-9;;/h8-11H,1-7,15H2,(H,16,18);2*1H/t10-,11-;;/m1../s1. The summed E-state index contributed by atoms with van der Waals surface area (Å²) in [4.78, 5) is 16.7. The number of nitrogens with zero attached hydrogens (tertiary/aromatic N) is 1. The Morgan fingerprint density at radius 3 is 2.76 bits per heavy atom. The zero-order chi connectivity index (χ0) is 13.2. The van der Waals surface area contributed by atoms with Crippen LogP contribution in [-0.4, -0.2) is 17.4 Å². The van der Waals surface area contributed by atoms with Crippen molar-refractivity contribution in [1.82, 2.24) is 10.3 Å². The summed E-state index contributed by atoms with van der Waals surface area (Å²) in [6, 6.07) is 0. The molecule has 1 amide bonds. The van der Waals surface area contributed by atoms with E-state index in [4.69, 9.17) is 5.73 Å². The Hall–Kier alpha value is -0.360. The minimum atomic E-state index is 0. The van der Waals surface area contributed by atoms with Crippen molar-refractivity contribution in [2.75, 3.05) is 6.54 Å². The smallest absolute Gasteiger partial charge is 0.223 e. The number of aromatic nitrogens is 1. The molecular formula is C14H23Cl2N3OS. The van der Waals surface area contributed by atoms with Gasteiger partial charge in [-0.25, -0.2) is 4.98 Å². The van der Waals surface area contributed by atoms with Gasteiger partial charge in [0.25, 0.3) is 0 Å². The fourth-order valence-corrected chi connectivity index (χ4v) is 3.75. The van der Waals surface area contributed by atoms with Crippen molar-refractivity contribution in [2.45, 2.75) is 44.6 Å². The molecule has 0 radical (unpaired) electrons. The van der Waals surface area contributed by atoms with E-state index in [2.05, 4.69) is 15.7 Å². The molecule has 2 saturated carbocycles. The van der Waals surface area contributed by atoms with Crippen molar-refractivity contribution >= 4 is 42.1 Å². The predicted molar refractivity (Wildman–Crippen MR) is 90.3 cm³/mol. The van der Waals surface area contributed by atoms with E-state index in [0.717, 1.165) is 24.3 Å². The first kappa shape index (κ1) is 18.7. The summed E-state index contributed by atoms with van der Waals surface area (Å²) < 4.78 is 0. The van der Waals surface area contributed by atoms with Gasteiger partial charge in [0.05, 0.1) is 12.2 Å². The number of halogens is 2. The second-order valence-electron chi connectivity index (χ2n) is 5.69. The van der Waals surface area contributed by atoms with Crippen LogP contribution in [0.1, 0.15) is 48.7 Å². The van der Waals surface area contributed by atoms with Gasteiger partial charge < -0.3 is 11.1 Å². The van der Waals surface area contributed by atoms with Crippen molar-refractivity contribution in [3.05, 3.63) is 16.1 Å². The van der Waals surface area contributed by atoms with Gasteiger partial charge in [0, 0.05) is 17.2 Å². The van der Waals surface area contributed by atoms with Crippen LogP contribution in [0.25, 0.3) is 0 Å². The van der Waals surface area contributed by atoms with Gasteiger partial charge in [0.15, 0.2) is 0 Å². The van der Waals surface area contributed by atoms with Gasteiger partial charge in [-0.1, -0.05) is 6.42 Å². The van der Waals surface area contributed by atoms with E-state index in [1.165, 1.54) is 18.5 Å². The summed E-state index contributed by atoms with van der Waals surface area (Å²) >= 11 is 1.66. The maximum atomic E-state index is 12.2. The lowest BCUT2D eigenvalue weighted by atomic mass is 9.95. The van der Waals surface area contributed by atoms with E-state index in [9.17, 15) is 4.79 Å². The Balaban J connectivity index is 0.00000110. The van der Waals surface area contributed by atoms with Crippen LogP contribution in [0.3, 0.4) is 0 Å². The maximum absolute atomic E-state index is 12.2. The number of carbonyl (C=O) groups is 1. The monoisotopic (exact) mass is 351 g/mol. The van der Waals surface area contributed by atoms with Gasteiger partial charge in [-0.3, -0.25) is 4.79 Å². The molecule has 3 N–H and O–H groups in total. The third-order valence-electron chi connectivity index (χ3n) is 4.28. The SMILES string of the molecule is Cl.Cl.NC[C@H]1CCC[C@H]1C(=O)NCc1nc(C2CC2)cs1. The Morgan fingerprint density at radius 1 is 1.33 bits per heavy atom. The molecular weight excluding hydrogens is 329 g/mol. The molecule has 3 rings (SSSR count). The van der Waals surface area contributed by atoms with Crippen LogP contribution in [0.2, 0.25) is 0 Å². The number of rotatable bonds is 5. The highest BCUT2D eigenvalue weighted by Gasteiger charge is 2.32. The first-order valence-corrected chi connectivity index (χ1v) is 8.08. The van der Waals surface area contributed by atoms with Gasteiger partial charge in [-0.15, -0.1) is 36.2 Å². The van der Waals surface area contributed by atoms with E-state index in [1.807, 2.05) is 0 Å². The molecule has 120 valence electrons. The number of thiazole rings is 1. The van der Waals surface area contributed by atoms with Gasteiger partial charge >= 0.3 is 0 Å². The van der Waals surface area contributed by atoms with Crippen molar-refractivity contribution in [1.29, 1.82) is 0 Å². The molecule has 1 aromatic heterocycles. The molecule has 21 heavy (non-hydrogen) atoms. The third-order valence-corrected chi connectivity index (χ3v) is 5.14. The lowest BCUT2D eigenvalue weighted by Gasteiger charge is -2.16. The zero-order valence-electron chi connectivity index (χ0n) is 11.9. The van der Waals surface area contributed by atoms with Crippen molar-refractivity contribution in [3.63, 3.8) is 0 Å². The quantitative estimate of drug-likeness (QED) is 0.856. The van der Waals surface area contributed by atoms with Crippen molar-refractivity contribution in [2.24, 2.45) is 17.6 Å². The van der Waals surface area contributed by atoms with Crippen LogP contribution in [0.4, 0.5) is 0 Å². The summed E-state index contributed by atoms with van der Waals surface area (Å²) in [6.07, 6.45) is 5.76. The molecule has 1 heterocycles. The Kier molecular flexibility index (Phi) is 7.40. The first-order valence-electron chi connectivity index (χ1n) is 7.20. The summed E-state index contributed by atoms with van der Waals surface area (Å²) in [5.74, 6) is 1.35. The highest BCUT2D eigenvalue weighted by Crippen LogP contribution is 2.40. The van der Waals surface area contributed by atoms with Crippen LogP contribution in [0.5, 0.6) is 0 Å². The van der Waals surface area contributed by atoms with Crippen LogP contribution < -0.4 is 11.1 Å². The van der Waals surface area contributed by atoms with Crippen molar-refractivity contribution in [3.8, 4) is 0 Å². The average Bonchev–Trinajstić information content (AvgIpc) is 2.99. The lowest BCUT2D eigenvalue weighted by molar-refractivity contribution is -0.126. The van der Waals surface area contributed by atoms with Gasteiger partial charge in [0.2, 0.25) is 5.91 Å². The Morgan fingerprint density at radius 2 is 2.10 bits per heavy atom. The summed E-state index contributed by atoms with van der Waals surface area (Å²) in [6.45, 7) is 1.20. The zero-order valence-corrected chi connectivity index (χ0v) is 14.4. The molecule has 4 nitrogen and oxygen atoms in total. The summed E-state index contributed by atoms with van der Waals surface area (Å²) in [7, 11) is 0. The Bertz CT molecular complexity index is 465. The summed E-state index contributed by atoms with van der Waals surface area (Å²) in [5.41, 5.74) is 6.94. The molecule has 0 aliphatic heterocycles. The maximum Gasteiger partial charge on any atom is 0.223 e. The normalized spacial score (nSPS) is 24.0. The number of carbonyl (C=O) groups excluding carboxylic acids is 1. The van der Waals surface area contributed by atoms with E-state index in [1.54, 1.807) is 11.3 Å². The summed E-state index contributed by atoms with van der Waals surface area (Å²) in [5, 5.41) is 6.19. The van der Waals surface area contributed by atoms with Gasteiger partial charge in [-0.05, 0) is 38.1 Å².